The summed E-state index contributed by atoms with van der Waals surface area (Å²) in [6, 6.07) is 8.32. The second-order valence-corrected chi connectivity index (χ2v) is 9.50. The first kappa shape index (κ1) is 18.6. The van der Waals surface area contributed by atoms with Gasteiger partial charge in [-0.1, -0.05) is 31.2 Å². The number of carbonyl (C=O) groups excluding carboxylic acids is 1. The molecule has 2 heterocycles. The number of fused-ring (bicyclic) bond motifs is 4. The van der Waals surface area contributed by atoms with Gasteiger partial charge in [0.25, 0.3) is 5.56 Å². The van der Waals surface area contributed by atoms with E-state index < -0.39 is 0 Å². The lowest BCUT2D eigenvalue weighted by Gasteiger charge is -2.26. The fraction of sp³-hybridized carbons (Fsp3) is 0.435. The van der Waals surface area contributed by atoms with Crippen molar-refractivity contribution in [2.75, 3.05) is 0 Å². The molecule has 0 bridgehead atoms. The van der Waals surface area contributed by atoms with Gasteiger partial charge in [0.2, 0.25) is 5.91 Å². The normalized spacial score (nSPS) is 20.9. The van der Waals surface area contributed by atoms with Gasteiger partial charge in [0.1, 0.15) is 11.4 Å². The molecule has 0 saturated carbocycles. The summed E-state index contributed by atoms with van der Waals surface area (Å²) in [6.07, 6.45) is 7.66. The van der Waals surface area contributed by atoms with Gasteiger partial charge in [0.15, 0.2) is 0 Å². The molecule has 5 nitrogen and oxygen atoms in total. The summed E-state index contributed by atoms with van der Waals surface area (Å²) in [4.78, 5) is 32.5. The zero-order chi connectivity index (χ0) is 20.0. The molecule has 0 spiro atoms. The van der Waals surface area contributed by atoms with Gasteiger partial charge in [-0.2, -0.15) is 0 Å². The molecule has 2 atom stereocenters. The topological polar surface area (TPSA) is 64.0 Å². The molecule has 2 aliphatic carbocycles. The number of nitrogens with zero attached hydrogens (tertiary/aromatic N) is 2. The number of nitrogens with one attached hydrogen (secondary N) is 1. The minimum Gasteiger partial charge on any atom is -0.348 e. The standard InChI is InChI=1S/C23H25N3O2S/c1-14-9-10-17-19(11-14)29-22-21(17)23(28)26(13-24-22)12-20(27)25-18-8-4-6-15-5-2-3-7-16(15)18/h2-3,5,7,13-14,18H,4,6,8-12H2,1H3,(H,25,27). The van der Waals surface area contributed by atoms with E-state index in [4.69, 9.17) is 0 Å². The van der Waals surface area contributed by atoms with E-state index in [1.807, 2.05) is 12.1 Å². The largest absolute Gasteiger partial charge is 0.348 e. The van der Waals surface area contributed by atoms with Crippen LogP contribution in [0.3, 0.4) is 0 Å². The highest BCUT2D eigenvalue weighted by atomic mass is 32.1. The molecular weight excluding hydrogens is 382 g/mol. The van der Waals surface area contributed by atoms with Gasteiger partial charge < -0.3 is 5.32 Å². The van der Waals surface area contributed by atoms with Crippen molar-refractivity contribution in [3.8, 4) is 0 Å². The molecule has 2 aliphatic rings. The summed E-state index contributed by atoms with van der Waals surface area (Å²) in [6.45, 7) is 2.27. The SMILES string of the molecule is CC1CCc2c(sc3ncn(CC(=O)NC4CCCc5ccccc54)c(=O)c23)C1. The molecule has 0 radical (unpaired) electrons. The Hall–Kier alpha value is -2.47. The molecule has 0 saturated heterocycles. The van der Waals surface area contributed by atoms with E-state index in [1.54, 1.807) is 11.3 Å². The van der Waals surface area contributed by atoms with Gasteiger partial charge in [-0.15, -0.1) is 11.3 Å². The molecule has 150 valence electrons. The van der Waals surface area contributed by atoms with E-state index in [-0.39, 0.29) is 24.1 Å². The summed E-state index contributed by atoms with van der Waals surface area (Å²) >= 11 is 1.64. The van der Waals surface area contributed by atoms with Crippen molar-refractivity contribution in [1.82, 2.24) is 14.9 Å². The Kier molecular flexibility index (Phi) is 4.74. The lowest BCUT2D eigenvalue weighted by atomic mass is 9.88. The van der Waals surface area contributed by atoms with Crippen LogP contribution in [0.15, 0.2) is 35.4 Å². The molecule has 3 aromatic rings. The Morgan fingerprint density at radius 3 is 3.03 bits per heavy atom. The number of carbonyl (C=O) groups is 1. The molecule has 29 heavy (non-hydrogen) atoms. The maximum absolute atomic E-state index is 13.1. The maximum Gasteiger partial charge on any atom is 0.262 e. The first-order valence-corrected chi connectivity index (χ1v) is 11.3. The highest BCUT2D eigenvalue weighted by molar-refractivity contribution is 7.18. The quantitative estimate of drug-likeness (QED) is 0.719. The molecule has 1 N–H and O–H groups in total. The third-order valence-corrected chi connectivity index (χ3v) is 7.46. The van der Waals surface area contributed by atoms with Crippen LogP contribution >= 0.6 is 11.3 Å². The molecule has 1 aromatic carbocycles. The van der Waals surface area contributed by atoms with Crippen LogP contribution in [-0.4, -0.2) is 15.5 Å². The molecular formula is C23H25N3O2S. The Balaban J connectivity index is 1.39. The first-order chi connectivity index (χ1) is 14.1. The van der Waals surface area contributed by atoms with Crippen molar-refractivity contribution in [3.05, 3.63) is 62.5 Å². The Morgan fingerprint density at radius 2 is 2.14 bits per heavy atom. The number of aryl methyl sites for hydroxylation is 2. The van der Waals surface area contributed by atoms with Crippen molar-refractivity contribution >= 4 is 27.5 Å². The summed E-state index contributed by atoms with van der Waals surface area (Å²) in [5.74, 6) is 0.523. The van der Waals surface area contributed by atoms with Crippen molar-refractivity contribution in [1.29, 1.82) is 0 Å². The van der Waals surface area contributed by atoms with Crippen molar-refractivity contribution in [3.63, 3.8) is 0 Å². The fourth-order valence-electron chi connectivity index (χ4n) is 4.78. The van der Waals surface area contributed by atoms with E-state index in [1.165, 1.54) is 26.9 Å². The molecule has 2 aromatic heterocycles. The zero-order valence-corrected chi connectivity index (χ0v) is 17.4. The smallest absolute Gasteiger partial charge is 0.262 e. The minimum absolute atomic E-state index is 0.0153. The van der Waals surface area contributed by atoms with Crippen LogP contribution in [0.1, 0.15) is 53.8 Å². The van der Waals surface area contributed by atoms with E-state index in [0.717, 1.165) is 54.3 Å². The molecule has 0 aliphatic heterocycles. The predicted octanol–water partition coefficient (Wildman–Crippen LogP) is 3.78. The van der Waals surface area contributed by atoms with Crippen molar-refractivity contribution < 1.29 is 4.79 Å². The van der Waals surface area contributed by atoms with Gasteiger partial charge in [-0.25, -0.2) is 4.98 Å². The number of hydrogen-bond donors (Lipinski definition) is 1. The number of thiophene rings is 1. The van der Waals surface area contributed by atoms with E-state index in [9.17, 15) is 9.59 Å². The lowest BCUT2D eigenvalue weighted by Crippen LogP contribution is -2.36. The van der Waals surface area contributed by atoms with Gasteiger partial charge in [-0.3, -0.25) is 14.2 Å². The van der Waals surface area contributed by atoms with Crippen LogP contribution in [0.25, 0.3) is 10.2 Å². The third-order valence-electron chi connectivity index (χ3n) is 6.30. The average Bonchev–Trinajstić information content (AvgIpc) is 3.08. The number of hydrogen-bond acceptors (Lipinski definition) is 4. The van der Waals surface area contributed by atoms with Crippen LogP contribution in [-0.2, 0) is 30.6 Å². The summed E-state index contributed by atoms with van der Waals surface area (Å²) in [7, 11) is 0. The van der Waals surface area contributed by atoms with E-state index in [2.05, 4.69) is 29.4 Å². The monoisotopic (exact) mass is 407 g/mol. The summed E-state index contributed by atoms with van der Waals surface area (Å²) in [5, 5.41) is 3.87. The highest BCUT2D eigenvalue weighted by Crippen LogP contribution is 2.35. The molecule has 2 unspecified atom stereocenters. The van der Waals surface area contributed by atoms with Crippen LogP contribution < -0.4 is 10.9 Å². The third kappa shape index (κ3) is 3.39. The maximum atomic E-state index is 13.1. The number of aromatic nitrogens is 2. The summed E-state index contributed by atoms with van der Waals surface area (Å²) < 4.78 is 1.47. The van der Waals surface area contributed by atoms with Crippen LogP contribution in [0, 0.1) is 5.92 Å². The van der Waals surface area contributed by atoms with Crippen molar-refractivity contribution in [2.45, 2.75) is 58.0 Å². The molecule has 1 amide bonds. The Bertz CT molecular complexity index is 1150. The van der Waals surface area contributed by atoms with Crippen molar-refractivity contribution in [2.24, 2.45) is 5.92 Å². The fourth-order valence-corrected chi connectivity index (χ4v) is 6.12. The lowest BCUT2D eigenvalue weighted by molar-refractivity contribution is -0.122. The van der Waals surface area contributed by atoms with Crippen LogP contribution in [0.4, 0.5) is 0 Å². The number of benzene rings is 1. The van der Waals surface area contributed by atoms with E-state index in [0.29, 0.717) is 5.92 Å². The van der Waals surface area contributed by atoms with Crippen LogP contribution in [0.2, 0.25) is 0 Å². The van der Waals surface area contributed by atoms with Gasteiger partial charge in [0, 0.05) is 4.88 Å². The van der Waals surface area contributed by atoms with E-state index >= 15 is 0 Å². The van der Waals surface area contributed by atoms with Gasteiger partial charge in [0.05, 0.1) is 17.8 Å². The molecule has 0 fully saturated rings. The number of rotatable bonds is 3. The molecule has 5 rings (SSSR count). The van der Waals surface area contributed by atoms with Gasteiger partial charge >= 0.3 is 0 Å². The number of amides is 1. The average molecular weight is 408 g/mol. The predicted molar refractivity (Wildman–Crippen MR) is 115 cm³/mol. The highest BCUT2D eigenvalue weighted by Gasteiger charge is 2.24. The Labute approximate surface area is 173 Å². The molecule has 6 heteroatoms. The zero-order valence-electron chi connectivity index (χ0n) is 16.6. The summed E-state index contributed by atoms with van der Waals surface area (Å²) in [5.41, 5.74) is 3.59. The van der Waals surface area contributed by atoms with Crippen LogP contribution in [0.5, 0.6) is 0 Å². The minimum atomic E-state index is -0.132. The second kappa shape index (κ2) is 7.41. The van der Waals surface area contributed by atoms with Gasteiger partial charge in [-0.05, 0) is 61.1 Å². The second-order valence-electron chi connectivity index (χ2n) is 8.42. The first-order valence-electron chi connectivity index (χ1n) is 10.5. The Morgan fingerprint density at radius 1 is 1.28 bits per heavy atom.